The Labute approximate surface area is 168 Å². The third-order valence-electron chi connectivity index (χ3n) is 4.36. The van der Waals surface area contributed by atoms with Crippen LogP contribution in [0.2, 0.25) is 10.0 Å². The number of rotatable bonds is 2. The summed E-state index contributed by atoms with van der Waals surface area (Å²) in [6.45, 7) is 0.880. The van der Waals surface area contributed by atoms with Gasteiger partial charge in [-0.2, -0.15) is 23.2 Å². The molecule has 0 bridgehead atoms. The Balaban J connectivity index is 2.17. The average Bonchev–Trinajstić information content (AvgIpc) is 2.66. The minimum Gasteiger partial charge on any atom is -0.465 e. The van der Waals surface area contributed by atoms with Crippen LogP contribution in [0.15, 0.2) is 28.2 Å². The minimum atomic E-state index is -5.16. The van der Waals surface area contributed by atoms with Crippen molar-refractivity contribution in [3.05, 3.63) is 33.8 Å². The molecule has 11 heteroatoms. The number of hydrogen-bond acceptors (Lipinski definition) is 6. The standard InChI is InChI=1S/C17H16Cl2F3N3O3/c1-27-14(26)16(17(20,21)22)23-13(11-6-5-10(18)9-12(11)19)28-15(24-16)25-7-3-2-4-8-25/h5-6,9H,2-4,7-8H2,1H3/t16-/m0/s1. The van der Waals surface area contributed by atoms with Crippen molar-refractivity contribution in [3.63, 3.8) is 0 Å². The van der Waals surface area contributed by atoms with E-state index in [0.29, 0.717) is 13.1 Å². The molecule has 1 saturated heterocycles. The summed E-state index contributed by atoms with van der Waals surface area (Å²) in [7, 11) is 0.839. The Morgan fingerprint density at radius 2 is 1.89 bits per heavy atom. The third-order valence-corrected chi connectivity index (χ3v) is 4.91. The Hall–Kier alpha value is -2.00. The smallest absolute Gasteiger partial charge is 0.446 e. The molecule has 6 nitrogen and oxygen atoms in total. The molecule has 1 aromatic carbocycles. The van der Waals surface area contributed by atoms with Gasteiger partial charge >= 0.3 is 17.8 Å². The molecular formula is C17H16Cl2F3N3O3. The molecule has 28 heavy (non-hydrogen) atoms. The van der Waals surface area contributed by atoms with Crippen LogP contribution in [0.1, 0.15) is 24.8 Å². The van der Waals surface area contributed by atoms with Crippen LogP contribution in [0.3, 0.4) is 0 Å². The lowest BCUT2D eigenvalue weighted by Gasteiger charge is -2.35. The number of piperidine rings is 1. The Morgan fingerprint density at radius 3 is 2.46 bits per heavy atom. The van der Waals surface area contributed by atoms with Crippen molar-refractivity contribution in [1.82, 2.24) is 4.90 Å². The fraction of sp³-hybridized carbons (Fsp3) is 0.471. The second-order valence-corrected chi connectivity index (χ2v) is 7.09. The summed E-state index contributed by atoms with van der Waals surface area (Å²) in [5.74, 6) is -2.15. The maximum absolute atomic E-state index is 14.0. The zero-order chi connectivity index (χ0) is 20.5. The lowest BCUT2D eigenvalue weighted by molar-refractivity contribution is -0.202. The lowest BCUT2D eigenvalue weighted by Crippen LogP contribution is -2.55. The number of esters is 1. The quantitative estimate of drug-likeness (QED) is 0.654. The van der Waals surface area contributed by atoms with Crippen LogP contribution in [0, 0.1) is 0 Å². The van der Waals surface area contributed by atoms with Crippen LogP contribution in [0.4, 0.5) is 13.2 Å². The summed E-state index contributed by atoms with van der Waals surface area (Å²) in [5.41, 5.74) is -3.43. The fourth-order valence-corrected chi connectivity index (χ4v) is 3.41. The number of ether oxygens (including phenoxy) is 2. The maximum atomic E-state index is 14.0. The van der Waals surface area contributed by atoms with Crippen LogP contribution < -0.4 is 0 Å². The Bertz CT molecular complexity index is 839. The van der Waals surface area contributed by atoms with Gasteiger partial charge in [-0.3, -0.25) is 0 Å². The number of halogens is 5. The molecule has 0 amide bonds. The van der Waals surface area contributed by atoms with Crippen molar-refractivity contribution in [3.8, 4) is 0 Å². The molecule has 0 saturated carbocycles. The highest BCUT2D eigenvalue weighted by Gasteiger charge is 2.65. The monoisotopic (exact) mass is 437 g/mol. The molecule has 3 rings (SSSR count). The number of nitrogens with zero attached hydrogens (tertiary/aromatic N) is 3. The van der Waals surface area contributed by atoms with Gasteiger partial charge in [0.1, 0.15) is 0 Å². The van der Waals surface area contributed by atoms with Crippen molar-refractivity contribution in [2.45, 2.75) is 31.1 Å². The zero-order valence-corrected chi connectivity index (χ0v) is 16.2. The largest absolute Gasteiger partial charge is 0.465 e. The normalized spacial score (nSPS) is 22.9. The molecule has 0 aliphatic carbocycles. The Kier molecular flexibility index (Phi) is 5.77. The molecule has 0 N–H and O–H groups in total. The van der Waals surface area contributed by atoms with Crippen molar-refractivity contribution in [1.29, 1.82) is 0 Å². The number of aliphatic imine (C=N–C) groups is 2. The van der Waals surface area contributed by atoms with E-state index in [0.717, 1.165) is 26.4 Å². The van der Waals surface area contributed by atoms with Crippen molar-refractivity contribution < 1.29 is 27.4 Å². The predicted molar refractivity (Wildman–Crippen MR) is 97.7 cm³/mol. The highest BCUT2D eigenvalue weighted by Crippen LogP contribution is 2.40. The first-order valence-corrected chi connectivity index (χ1v) is 9.16. The second-order valence-electron chi connectivity index (χ2n) is 6.25. The number of carbonyl (C=O) groups is 1. The lowest BCUT2D eigenvalue weighted by atomic mass is 10.1. The highest BCUT2D eigenvalue weighted by atomic mass is 35.5. The zero-order valence-electron chi connectivity index (χ0n) is 14.7. The molecule has 0 unspecified atom stereocenters. The Morgan fingerprint density at radius 1 is 1.21 bits per heavy atom. The number of benzene rings is 1. The first-order chi connectivity index (χ1) is 13.2. The van der Waals surface area contributed by atoms with Gasteiger partial charge in [0, 0.05) is 18.1 Å². The van der Waals surface area contributed by atoms with Gasteiger partial charge in [-0.1, -0.05) is 23.2 Å². The van der Waals surface area contributed by atoms with Gasteiger partial charge < -0.3 is 14.4 Å². The van der Waals surface area contributed by atoms with E-state index >= 15 is 0 Å². The van der Waals surface area contributed by atoms with E-state index in [-0.39, 0.29) is 21.6 Å². The number of carbonyl (C=O) groups excluding carboxylic acids is 1. The fourth-order valence-electron chi connectivity index (χ4n) is 2.92. The number of likely N-dealkylation sites (tertiary alicyclic amines) is 1. The molecule has 1 fully saturated rings. The van der Waals surface area contributed by atoms with Gasteiger partial charge in [0.15, 0.2) is 0 Å². The van der Waals surface area contributed by atoms with E-state index in [4.69, 9.17) is 27.9 Å². The second kappa shape index (κ2) is 7.79. The summed E-state index contributed by atoms with van der Waals surface area (Å²) in [5, 5.41) is 0.303. The number of alkyl halides is 3. The molecule has 2 heterocycles. The molecule has 1 aromatic rings. The van der Waals surface area contributed by atoms with Crippen molar-refractivity contribution in [2.24, 2.45) is 9.98 Å². The number of amidine groups is 1. The van der Waals surface area contributed by atoms with Crippen LogP contribution in [-0.4, -0.2) is 54.8 Å². The van der Waals surface area contributed by atoms with E-state index in [2.05, 4.69) is 14.7 Å². The topological polar surface area (TPSA) is 63.5 Å². The third kappa shape index (κ3) is 3.77. The first-order valence-electron chi connectivity index (χ1n) is 8.41. The number of hydrogen-bond donors (Lipinski definition) is 0. The van der Waals surface area contributed by atoms with E-state index in [1.54, 1.807) is 4.90 Å². The summed E-state index contributed by atoms with van der Waals surface area (Å²) in [6.07, 6.45) is -2.70. The van der Waals surface area contributed by atoms with Gasteiger partial charge in [0.05, 0.1) is 17.7 Å². The van der Waals surface area contributed by atoms with Crippen LogP contribution in [-0.2, 0) is 14.3 Å². The molecule has 2 aliphatic rings. The van der Waals surface area contributed by atoms with Crippen molar-refractivity contribution in [2.75, 3.05) is 20.2 Å². The molecular weight excluding hydrogens is 422 g/mol. The summed E-state index contributed by atoms with van der Waals surface area (Å²) in [6, 6.07) is 3.78. The van der Waals surface area contributed by atoms with Crippen LogP contribution in [0.5, 0.6) is 0 Å². The average molecular weight is 438 g/mol. The SMILES string of the molecule is COC(=O)[C@]1(C(F)(F)F)N=C(c2ccc(Cl)cc2Cl)OC(N2CCCCC2)=N1. The summed E-state index contributed by atoms with van der Waals surface area (Å²) >= 11 is 12.0. The van der Waals surface area contributed by atoms with Crippen LogP contribution in [0.25, 0.3) is 0 Å². The summed E-state index contributed by atoms with van der Waals surface area (Å²) in [4.78, 5) is 20.8. The summed E-state index contributed by atoms with van der Waals surface area (Å²) < 4.78 is 51.9. The highest BCUT2D eigenvalue weighted by molar-refractivity contribution is 6.37. The molecule has 0 radical (unpaired) electrons. The first kappa shape index (κ1) is 20.7. The molecule has 0 aromatic heterocycles. The van der Waals surface area contributed by atoms with Gasteiger partial charge in [-0.15, -0.1) is 0 Å². The van der Waals surface area contributed by atoms with Gasteiger partial charge in [0.25, 0.3) is 6.02 Å². The minimum absolute atomic E-state index is 0.0204. The van der Waals surface area contributed by atoms with E-state index in [9.17, 15) is 18.0 Å². The van der Waals surface area contributed by atoms with Crippen molar-refractivity contribution >= 4 is 41.1 Å². The van der Waals surface area contributed by atoms with Gasteiger partial charge in [-0.25, -0.2) is 4.79 Å². The number of methoxy groups -OCH3 is 1. The van der Waals surface area contributed by atoms with E-state index in [1.807, 2.05) is 0 Å². The van der Waals surface area contributed by atoms with Crippen LogP contribution >= 0.6 is 23.2 Å². The molecule has 2 aliphatic heterocycles. The van der Waals surface area contributed by atoms with E-state index in [1.165, 1.54) is 18.2 Å². The predicted octanol–water partition coefficient (Wildman–Crippen LogP) is 4.04. The van der Waals surface area contributed by atoms with Gasteiger partial charge in [0.2, 0.25) is 5.90 Å². The van der Waals surface area contributed by atoms with E-state index < -0.39 is 23.7 Å². The van der Waals surface area contributed by atoms with Gasteiger partial charge in [-0.05, 0) is 37.5 Å². The maximum Gasteiger partial charge on any atom is 0.446 e. The molecule has 0 spiro atoms. The molecule has 1 atom stereocenters. The molecule has 152 valence electrons.